The van der Waals surface area contributed by atoms with E-state index in [2.05, 4.69) is 10.1 Å². The molecule has 0 atom stereocenters. The van der Waals surface area contributed by atoms with Gasteiger partial charge in [-0.15, -0.1) is 0 Å². The Morgan fingerprint density at radius 3 is 2.41 bits per heavy atom. The van der Waals surface area contributed by atoms with Crippen LogP contribution in [0.5, 0.6) is 0 Å². The molecule has 0 unspecified atom stereocenters. The van der Waals surface area contributed by atoms with Crippen LogP contribution < -0.4 is 11.1 Å². The topological polar surface area (TPSA) is 114 Å². The molecule has 0 radical (unpaired) electrons. The van der Waals surface area contributed by atoms with Crippen molar-refractivity contribution in [2.75, 3.05) is 19.5 Å². The summed E-state index contributed by atoms with van der Waals surface area (Å²) in [6, 6.07) is 8.01. The number of benzene rings is 2. The van der Waals surface area contributed by atoms with Gasteiger partial charge in [-0.1, -0.05) is 12.1 Å². The van der Waals surface area contributed by atoms with Crippen LogP contribution in [0.3, 0.4) is 0 Å². The number of amidine groups is 1. The first-order chi connectivity index (χ1) is 10.5. The van der Waals surface area contributed by atoms with E-state index in [1.54, 1.807) is 30.3 Å². The van der Waals surface area contributed by atoms with E-state index in [0.29, 0.717) is 27.6 Å². The first kappa shape index (κ1) is 15.3. The third kappa shape index (κ3) is 2.83. The highest BCUT2D eigenvalue weighted by molar-refractivity contribution is 6.12. The zero-order chi connectivity index (χ0) is 16.3. The number of carbonyl (C=O) groups excluding carboxylic acids is 2. The third-order valence-corrected chi connectivity index (χ3v) is 3.16. The van der Waals surface area contributed by atoms with E-state index < -0.39 is 12.1 Å². The van der Waals surface area contributed by atoms with Gasteiger partial charge in [0, 0.05) is 10.9 Å². The van der Waals surface area contributed by atoms with Crippen LogP contribution in [0.2, 0.25) is 0 Å². The maximum absolute atomic E-state index is 11.8. The lowest BCUT2D eigenvalue weighted by atomic mass is 10.00. The number of esters is 1. The number of hydrogen-bond donors (Lipinski definition) is 3. The fraction of sp³-hybridized carbons (Fsp3) is 0.133. The molecule has 0 heterocycles. The zero-order valence-electron chi connectivity index (χ0n) is 12.1. The number of ether oxygens (including phenoxy) is 2. The average Bonchev–Trinajstić information content (AvgIpc) is 2.53. The standard InChI is InChI=1S/C15H15N3O4/c1-21-14(19)10-5-6-12(18-15(20)22-2)11-7-8(13(16)17)3-4-9(10)11/h3-7H,1-2H3,(H3,16,17)(H,18,20). The number of carbonyl (C=O) groups is 2. The molecule has 0 saturated carbocycles. The highest BCUT2D eigenvalue weighted by atomic mass is 16.5. The van der Waals surface area contributed by atoms with Crippen molar-refractivity contribution >= 4 is 34.4 Å². The highest BCUT2D eigenvalue weighted by Gasteiger charge is 2.15. The second kappa shape index (κ2) is 6.13. The van der Waals surface area contributed by atoms with Gasteiger partial charge in [0.25, 0.3) is 0 Å². The predicted molar refractivity (Wildman–Crippen MR) is 82.3 cm³/mol. The fourth-order valence-electron chi connectivity index (χ4n) is 2.07. The fourth-order valence-corrected chi connectivity index (χ4v) is 2.07. The van der Waals surface area contributed by atoms with Crippen molar-refractivity contribution in [2.24, 2.45) is 5.73 Å². The summed E-state index contributed by atoms with van der Waals surface area (Å²) in [5.41, 5.74) is 6.75. The smallest absolute Gasteiger partial charge is 0.411 e. The molecule has 4 N–H and O–H groups in total. The minimum Gasteiger partial charge on any atom is -0.465 e. The molecule has 0 aliphatic heterocycles. The molecule has 114 valence electrons. The quantitative estimate of drug-likeness (QED) is 0.456. The zero-order valence-corrected chi connectivity index (χ0v) is 12.1. The first-order valence-electron chi connectivity index (χ1n) is 6.32. The van der Waals surface area contributed by atoms with Gasteiger partial charge in [0.2, 0.25) is 0 Å². The van der Waals surface area contributed by atoms with Crippen molar-refractivity contribution in [3.63, 3.8) is 0 Å². The summed E-state index contributed by atoms with van der Waals surface area (Å²) in [5, 5.41) is 11.2. The summed E-state index contributed by atoms with van der Waals surface area (Å²) in [5.74, 6) is -0.611. The van der Waals surface area contributed by atoms with Crippen LogP contribution in [0, 0.1) is 5.41 Å². The summed E-state index contributed by atoms with van der Waals surface area (Å²) < 4.78 is 9.32. The van der Waals surface area contributed by atoms with Crippen molar-refractivity contribution in [3.8, 4) is 0 Å². The minimum atomic E-state index is -0.639. The van der Waals surface area contributed by atoms with Crippen LogP contribution in [0.1, 0.15) is 15.9 Å². The van der Waals surface area contributed by atoms with Crippen molar-refractivity contribution in [1.29, 1.82) is 5.41 Å². The summed E-state index contributed by atoms with van der Waals surface area (Å²) in [7, 11) is 2.54. The molecule has 22 heavy (non-hydrogen) atoms. The van der Waals surface area contributed by atoms with Gasteiger partial charge in [-0.2, -0.15) is 0 Å². The number of rotatable bonds is 3. The van der Waals surface area contributed by atoms with Crippen LogP contribution in [-0.2, 0) is 9.47 Å². The second-order valence-corrected chi connectivity index (χ2v) is 4.44. The summed E-state index contributed by atoms with van der Waals surface area (Å²) >= 11 is 0. The molecule has 0 fully saturated rings. The number of nitrogen functional groups attached to an aromatic ring is 1. The SMILES string of the molecule is COC(=O)Nc1ccc(C(=O)OC)c2ccc(C(=N)N)cc12. The van der Waals surface area contributed by atoms with Gasteiger partial charge in [-0.05, 0) is 23.6 Å². The Balaban J connectivity index is 2.70. The van der Waals surface area contributed by atoms with E-state index in [-0.39, 0.29) is 5.84 Å². The Hall–Kier alpha value is -3.09. The van der Waals surface area contributed by atoms with Crippen LogP contribution in [0.15, 0.2) is 30.3 Å². The molecule has 7 heteroatoms. The molecule has 0 aliphatic rings. The van der Waals surface area contributed by atoms with Crippen LogP contribution >= 0.6 is 0 Å². The maximum atomic E-state index is 11.8. The van der Waals surface area contributed by atoms with Crippen molar-refractivity contribution < 1.29 is 19.1 Å². The van der Waals surface area contributed by atoms with Gasteiger partial charge >= 0.3 is 12.1 Å². The second-order valence-electron chi connectivity index (χ2n) is 4.44. The van der Waals surface area contributed by atoms with Crippen LogP contribution in [0.25, 0.3) is 10.8 Å². The molecule has 0 bridgehead atoms. The Labute approximate surface area is 126 Å². The van der Waals surface area contributed by atoms with Gasteiger partial charge in [-0.3, -0.25) is 10.7 Å². The number of anilines is 1. The summed E-state index contributed by atoms with van der Waals surface area (Å²) in [4.78, 5) is 23.3. The molecule has 1 amide bonds. The van der Waals surface area contributed by atoms with E-state index >= 15 is 0 Å². The van der Waals surface area contributed by atoms with Crippen molar-refractivity contribution in [2.45, 2.75) is 0 Å². The molecule has 2 rings (SSSR count). The monoisotopic (exact) mass is 301 g/mol. The largest absolute Gasteiger partial charge is 0.465 e. The van der Waals surface area contributed by atoms with Gasteiger partial charge < -0.3 is 15.2 Å². The summed E-state index contributed by atoms with van der Waals surface area (Å²) in [6.45, 7) is 0. The van der Waals surface area contributed by atoms with Gasteiger partial charge in [-0.25, -0.2) is 9.59 Å². The molecule has 2 aromatic carbocycles. The number of fused-ring (bicyclic) bond motifs is 1. The van der Waals surface area contributed by atoms with Gasteiger partial charge in [0.05, 0.1) is 25.5 Å². The Morgan fingerprint density at radius 2 is 1.82 bits per heavy atom. The van der Waals surface area contributed by atoms with E-state index in [1.165, 1.54) is 14.2 Å². The molecule has 0 aromatic heterocycles. The van der Waals surface area contributed by atoms with Crippen LogP contribution in [0.4, 0.5) is 10.5 Å². The van der Waals surface area contributed by atoms with Crippen LogP contribution in [-0.4, -0.2) is 32.1 Å². The first-order valence-corrected chi connectivity index (χ1v) is 6.32. The number of amides is 1. The highest BCUT2D eigenvalue weighted by Crippen LogP contribution is 2.28. The van der Waals surface area contributed by atoms with Gasteiger partial charge in [0.1, 0.15) is 5.84 Å². The number of nitrogens with two attached hydrogens (primary N) is 1. The van der Waals surface area contributed by atoms with E-state index in [9.17, 15) is 9.59 Å². The molecule has 0 aliphatic carbocycles. The third-order valence-electron chi connectivity index (χ3n) is 3.16. The lowest BCUT2D eigenvalue weighted by Crippen LogP contribution is -2.13. The number of nitrogens with one attached hydrogen (secondary N) is 2. The van der Waals surface area contributed by atoms with E-state index in [0.717, 1.165) is 0 Å². The Bertz CT molecular complexity index is 771. The molecular formula is C15H15N3O4. The maximum Gasteiger partial charge on any atom is 0.411 e. The summed E-state index contributed by atoms with van der Waals surface area (Å²) in [6.07, 6.45) is -0.639. The number of methoxy groups -OCH3 is 2. The molecule has 7 nitrogen and oxygen atoms in total. The molecule has 0 spiro atoms. The molecule has 0 saturated heterocycles. The Morgan fingerprint density at radius 1 is 1.09 bits per heavy atom. The number of hydrogen-bond acceptors (Lipinski definition) is 5. The molecule has 2 aromatic rings. The molecular weight excluding hydrogens is 286 g/mol. The normalized spacial score (nSPS) is 10.1. The van der Waals surface area contributed by atoms with Crippen molar-refractivity contribution in [3.05, 3.63) is 41.5 Å². The predicted octanol–water partition coefficient (Wildman–Crippen LogP) is 2.09. The van der Waals surface area contributed by atoms with Crippen molar-refractivity contribution in [1.82, 2.24) is 0 Å². The van der Waals surface area contributed by atoms with Gasteiger partial charge in [0.15, 0.2) is 0 Å². The van der Waals surface area contributed by atoms with E-state index in [1.807, 2.05) is 0 Å². The lowest BCUT2D eigenvalue weighted by Gasteiger charge is -2.12. The average molecular weight is 301 g/mol. The lowest BCUT2D eigenvalue weighted by molar-refractivity contribution is 0.0603. The Kier molecular flexibility index (Phi) is 4.26. The minimum absolute atomic E-state index is 0.116. The van der Waals surface area contributed by atoms with E-state index in [4.69, 9.17) is 15.9 Å².